The molecule has 4 rings (SSSR count). The van der Waals surface area contributed by atoms with Crippen molar-refractivity contribution in [1.82, 2.24) is 0 Å². The number of hydrogen-bond acceptors (Lipinski definition) is 10. The normalized spacial score (nSPS) is 10.9. The highest BCUT2D eigenvalue weighted by Crippen LogP contribution is 2.29. The molecule has 320 valence electrons. The molecule has 0 spiro atoms. The molecule has 0 aliphatic carbocycles. The van der Waals surface area contributed by atoms with Gasteiger partial charge in [0.2, 0.25) is 0 Å². The summed E-state index contributed by atoms with van der Waals surface area (Å²) >= 11 is 0. The van der Waals surface area contributed by atoms with E-state index in [1.807, 2.05) is 97.1 Å². The lowest BCUT2D eigenvalue weighted by molar-refractivity contribution is -0.139. The topological polar surface area (TPSA) is 114 Å². The molecule has 0 N–H and O–H groups in total. The minimum absolute atomic E-state index is 0.304. The molecule has 10 heteroatoms. The molecule has 0 saturated heterocycles. The Labute approximate surface area is 356 Å². The fourth-order valence-corrected chi connectivity index (χ4v) is 5.89. The van der Waals surface area contributed by atoms with Gasteiger partial charge >= 0.3 is 11.9 Å². The maximum atomic E-state index is 11.4. The average Bonchev–Trinajstić information content (AvgIpc) is 3.25. The van der Waals surface area contributed by atoms with Crippen molar-refractivity contribution in [3.63, 3.8) is 0 Å². The number of benzene rings is 4. The van der Waals surface area contributed by atoms with Crippen molar-refractivity contribution in [1.29, 1.82) is 0 Å². The number of azo groups is 1. The zero-order chi connectivity index (χ0) is 42.6. The Kier molecular flexibility index (Phi) is 21.6. The summed E-state index contributed by atoms with van der Waals surface area (Å²) in [6, 6.07) is 30.2. The van der Waals surface area contributed by atoms with E-state index in [0.29, 0.717) is 60.4 Å². The van der Waals surface area contributed by atoms with Gasteiger partial charge in [0.15, 0.2) is 0 Å². The monoisotopic (exact) mass is 818 g/mol. The molecule has 0 aliphatic rings. The number of carbonyl (C=O) groups is 2. The lowest BCUT2D eigenvalue weighted by Gasteiger charge is -2.09. The summed E-state index contributed by atoms with van der Waals surface area (Å²) in [5.41, 5.74) is 2.32. The first kappa shape index (κ1) is 46.8. The van der Waals surface area contributed by atoms with Gasteiger partial charge < -0.3 is 28.4 Å². The molecule has 0 amide bonds. The Morgan fingerprint density at radius 3 is 0.933 bits per heavy atom. The summed E-state index contributed by atoms with van der Waals surface area (Å²) < 4.78 is 34.1. The Balaban J connectivity index is 1.04. The summed E-state index contributed by atoms with van der Waals surface area (Å²) in [7, 11) is 0. The highest BCUT2D eigenvalue weighted by Gasteiger charge is 2.05. The van der Waals surface area contributed by atoms with Gasteiger partial charge in [0.05, 0.1) is 37.8 Å². The van der Waals surface area contributed by atoms with Crippen LogP contribution in [-0.2, 0) is 19.1 Å². The van der Waals surface area contributed by atoms with Gasteiger partial charge in [-0.2, -0.15) is 10.2 Å². The van der Waals surface area contributed by atoms with Gasteiger partial charge in [-0.05, 0) is 137 Å². The van der Waals surface area contributed by atoms with Gasteiger partial charge in [0.25, 0.3) is 0 Å². The number of carbonyl (C=O) groups excluding carboxylic acids is 2. The number of hydrogen-bond donors (Lipinski definition) is 0. The van der Waals surface area contributed by atoms with Crippen molar-refractivity contribution >= 4 is 23.3 Å². The molecule has 0 heterocycles. The zero-order valence-electron chi connectivity index (χ0n) is 35.5. The van der Waals surface area contributed by atoms with E-state index in [1.165, 1.54) is 25.7 Å². The predicted molar refractivity (Wildman–Crippen MR) is 237 cm³/mol. The molecule has 0 bridgehead atoms. The summed E-state index contributed by atoms with van der Waals surface area (Å²) in [5, 5.41) is 8.74. The zero-order valence-corrected chi connectivity index (χ0v) is 35.5. The highest BCUT2D eigenvalue weighted by molar-refractivity contribution is 5.87. The molecule has 0 atom stereocenters. The lowest BCUT2D eigenvalue weighted by Crippen LogP contribution is -2.05. The molecule has 0 aliphatic heterocycles. The van der Waals surface area contributed by atoms with Gasteiger partial charge in [0, 0.05) is 11.1 Å². The standard InChI is InChI=1S/C50H62N2O8/c1-39(2)49(53)57-37-17-13-9-5-7-11-15-35-55-43-27-31-47(32-28-43)59-45-23-19-41(20-24-45)51-52-42-21-25-46(26-22-42)60-48-33-29-44(30-34-48)56-36-16-12-8-6-10-14-18-38-58-50(54)40(3)4/h19-34H,1,3,5-18,35-38H2,2,4H3. The minimum atomic E-state index is -0.304. The molecule has 4 aromatic rings. The third-order valence-electron chi connectivity index (χ3n) is 9.35. The van der Waals surface area contributed by atoms with Crippen LogP contribution in [0.2, 0.25) is 0 Å². The molecule has 60 heavy (non-hydrogen) atoms. The molecule has 4 aromatic carbocycles. The van der Waals surface area contributed by atoms with Crippen molar-refractivity contribution in [3.05, 3.63) is 121 Å². The van der Waals surface area contributed by atoms with Crippen LogP contribution in [0.5, 0.6) is 34.5 Å². The van der Waals surface area contributed by atoms with E-state index >= 15 is 0 Å². The number of esters is 2. The van der Waals surface area contributed by atoms with E-state index in [-0.39, 0.29) is 11.9 Å². The van der Waals surface area contributed by atoms with E-state index in [4.69, 9.17) is 28.4 Å². The van der Waals surface area contributed by atoms with Crippen molar-refractivity contribution < 1.29 is 38.0 Å². The minimum Gasteiger partial charge on any atom is -0.494 e. The SMILES string of the molecule is C=C(C)C(=O)OCCCCCCCCCOc1ccc(Oc2ccc(N=Nc3ccc(Oc4ccc(OCCCCCCCCCOC(=O)C(=C)C)cc4)cc3)cc2)cc1. The Bertz CT molecular complexity index is 1750. The van der Waals surface area contributed by atoms with E-state index in [1.54, 1.807) is 13.8 Å². The lowest BCUT2D eigenvalue weighted by atomic mass is 10.1. The van der Waals surface area contributed by atoms with Crippen LogP contribution in [0.4, 0.5) is 11.4 Å². The van der Waals surface area contributed by atoms with Crippen LogP contribution in [0, 0.1) is 0 Å². The quantitative estimate of drug-likeness (QED) is 0.0221. The van der Waals surface area contributed by atoms with Gasteiger partial charge in [-0.3, -0.25) is 0 Å². The fraction of sp³-hybridized carbons (Fsp3) is 0.400. The molecule has 0 saturated carbocycles. The van der Waals surface area contributed by atoms with Crippen LogP contribution in [0.1, 0.15) is 104 Å². The number of ether oxygens (including phenoxy) is 6. The first-order valence-electron chi connectivity index (χ1n) is 21.3. The largest absolute Gasteiger partial charge is 0.494 e. The van der Waals surface area contributed by atoms with Crippen molar-refractivity contribution in [2.75, 3.05) is 26.4 Å². The van der Waals surface area contributed by atoms with E-state index in [9.17, 15) is 9.59 Å². The van der Waals surface area contributed by atoms with Crippen LogP contribution >= 0.6 is 0 Å². The van der Waals surface area contributed by atoms with Crippen LogP contribution in [0.3, 0.4) is 0 Å². The molecule has 0 unspecified atom stereocenters. The number of unbranched alkanes of at least 4 members (excludes halogenated alkanes) is 12. The third kappa shape index (κ3) is 19.7. The second kappa shape index (κ2) is 27.7. The smallest absolute Gasteiger partial charge is 0.333 e. The van der Waals surface area contributed by atoms with Gasteiger partial charge in [-0.15, -0.1) is 0 Å². The molecule has 0 fully saturated rings. The van der Waals surface area contributed by atoms with Crippen LogP contribution in [0.25, 0.3) is 0 Å². The highest BCUT2D eigenvalue weighted by atomic mass is 16.5. The van der Waals surface area contributed by atoms with E-state index < -0.39 is 0 Å². The van der Waals surface area contributed by atoms with Crippen molar-refractivity contribution in [2.24, 2.45) is 10.2 Å². The maximum Gasteiger partial charge on any atom is 0.333 e. The molecule has 0 aromatic heterocycles. The second-order valence-electron chi connectivity index (χ2n) is 14.8. The van der Waals surface area contributed by atoms with Gasteiger partial charge in [-0.1, -0.05) is 77.4 Å². The van der Waals surface area contributed by atoms with E-state index in [0.717, 1.165) is 87.2 Å². The molecule has 0 radical (unpaired) electrons. The third-order valence-corrected chi connectivity index (χ3v) is 9.35. The average molecular weight is 819 g/mol. The maximum absolute atomic E-state index is 11.4. The predicted octanol–water partition coefficient (Wildman–Crippen LogP) is 14.1. The molecular weight excluding hydrogens is 757 g/mol. The van der Waals surface area contributed by atoms with Crippen LogP contribution in [0.15, 0.2) is 132 Å². The second-order valence-corrected chi connectivity index (χ2v) is 14.8. The van der Waals surface area contributed by atoms with Gasteiger partial charge in [-0.25, -0.2) is 9.59 Å². The van der Waals surface area contributed by atoms with Crippen LogP contribution in [-0.4, -0.2) is 38.4 Å². The summed E-state index contributed by atoms with van der Waals surface area (Å²) in [4.78, 5) is 22.7. The summed E-state index contributed by atoms with van der Waals surface area (Å²) in [6.07, 6.45) is 15.2. The molecular formula is C50H62N2O8. The Morgan fingerprint density at radius 2 is 0.633 bits per heavy atom. The first-order chi connectivity index (χ1) is 29.2. The summed E-state index contributed by atoms with van der Waals surface area (Å²) in [5.74, 6) is 3.89. The molecule has 10 nitrogen and oxygen atoms in total. The Hall–Kier alpha value is -5.90. The van der Waals surface area contributed by atoms with Gasteiger partial charge in [0.1, 0.15) is 34.5 Å². The first-order valence-corrected chi connectivity index (χ1v) is 21.3. The summed E-state index contributed by atoms with van der Waals surface area (Å²) in [6.45, 7) is 12.8. The number of rotatable bonds is 30. The van der Waals surface area contributed by atoms with Crippen LogP contribution < -0.4 is 18.9 Å². The fourth-order valence-electron chi connectivity index (χ4n) is 5.89. The van der Waals surface area contributed by atoms with Crippen molar-refractivity contribution in [2.45, 2.75) is 104 Å². The van der Waals surface area contributed by atoms with Crippen molar-refractivity contribution in [3.8, 4) is 34.5 Å². The Morgan fingerprint density at radius 1 is 0.383 bits per heavy atom. The van der Waals surface area contributed by atoms with E-state index in [2.05, 4.69) is 23.4 Å². The number of nitrogens with zero attached hydrogens (tertiary/aromatic N) is 2.